The predicted molar refractivity (Wildman–Crippen MR) is 58.1 cm³/mol. The first-order chi connectivity index (χ1) is 6.68. The number of aromatic nitrogens is 3. The maximum absolute atomic E-state index is 4.45. The molecule has 76 valence electrons. The van der Waals surface area contributed by atoms with Crippen molar-refractivity contribution in [3.63, 3.8) is 0 Å². The zero-order valence-electron chi connectivity index (χ0n) is 8.56. The van der Waals surface area contributed by atoms with Crippen LogP contribution in [0.15, 0.2) is 5.03 Å². The number of fused-ring (bicyclic) bond motifs is 1. The fourth-order valence-electron chi connectivity index (χ4n) is 1.22. The van der Waals surface area contributed by atoms with E-state index in [1.165, 1.54) is 0 Å². The molecule has 0 radical (unpaired) electrons. The SMILES string of the molecule is CN(C)c1nnc2c(n1)N(C)CCS2. The van der Waals surface area contributed by atoms with Gasteiger partial charge in [-0.1, -0.05) is 11.8 Å². The summed E-state index contributed by atoms with van der Waals surface area (Å²) in [6.45, 7) is 1.02. The Balaban J connectivity index is 2.41. The summed E-state index contributed by atoms with van der Waals surface area (Å²) in [5.41, 5.74) is 0. The van der Waals surface area contributed by atoms with Gasteiger partial charge in [0.1, 0.15) is 0 Å². The van der Waals surface area contributed by atoms with Gasteiger partial charge in [0.15, 0.2) is 10.8 Å². The highest BCUT2D eigenvalue weighted by atomic mass is 32.2. The average Bonchev–Trinajstić information content (AvgIpc) is 2.18. The highest BCUT2D eigenvalue weighted by molar-refractivity contribution is 7.99. The van der Waals surface area contributed by atoms with E-state index in [4.69, 9.17) is 0 Å². The van der Waals surface area contributed by atoms with Crippen molar-refractivity contribution in [2.45, 2.75) is 5.03 Å². The van der Waals surface area contributed by atoms with Crippen molar-refractivity contribution in [1.82, 2.24) is 15.2 Å². The molecule has 0 amide bonds. The summed E-state index contributed by atoms with van der Waals surface area (Å²) in [4.78, 5) is 8.43. The van der Waals surface area contributed by atoms with Crippen LogP contribution < -0.4 is 9.80 Å². The fourth-order valence-corrected chi connectivity index (χ4v) is 2.20. The summed E-state index contributed by atoms with van der Waals surface area (Å²) in [6.07, 6.45) is 0. The van der Waals surface area contributed by atoms with Crippen LogP contribution in [0.3, 0.4) is 0 Å². The minimum atomic E-state index is 0.665. The van der Waals surface area contributed by atoms with Gasteiger partial charge in [0.2, 0.25) is 5.95 Å². The molecule has 0 unspecified atom stereocenters. The van der Waals surface area contributed by atoms with Crippen LogP contribution in [0.2, 0.25) is 0 Å². The lowest BCUT2D eigenvalue weighted by molar-refractivity contribution is 0.795. The van der Waals surface area contributed by atoms with E-state index < -0.39 is 0 Å². The van der Waals surface area contributed by atoms with Gasteiger partial charge in [0.25, 0.3) is 0 Å². The van der Waals surface area contributed by atoms with Gasteiger partial charge in [-0.2, -0.15) is 4.98 Å². The number of nitrogens with zero attached hydrogens (tertiary/aromatic N) is 5. The van der Waals surface area contributed by atoms with Gasteiger partial charge >= 0.3 is 0 Å². The van der Waals surface area contributed by atoms with Crippen LogP contribution in [0.1, 0.15) is 0 Å². The second-order valence-corrected chi connectivity index (χ2v) is 4.49. The Morgan fingerprint density at radius 1 is 1.36 bits per heavy atom. The first kappa shape index (κ1) is 9.51. The van der Waals surface area contributed by atoms with Gasteiger partial charge in [0, 0.05) is 33.4 Å². The van der Waals surface area contributed by atoms with Crippen LogP contribution in [-0.2, 0) is 0 Å². The van der Waals surface area contributed by atoms with Gasteiger partial charge in [0.05, 0.1) is 0 Å². The van der Waals surface area contributed by atoms with Crippen molar-refractivity contribution >= 4 is 23.5 Å². The summed E-state index contributed by atoms with van der Waals surface area (Å²) >= 11 is 1.72. The largest absolute Gasteiger partial charge is 0.356 e. The number of hydrogen-bond acceptors (Lipinski definition) is 6. The fraction of sp³-hybridized carbons (Fsp3) is 0.625. The average molecular weight is 211 g/mol. The Bertz CT molecular complexity index is 341. The molecule has 5 nitrogen and oxygen atoms in total. The van der Waals surface area contributed by atoms with Gasteiger partial charge in [-0.3, -0.25) is 0 Å². The van der Waals surface area contributed by atoms with Crippen LogP contribution in [0.4, 0.5) is 11.8 Å². The minimum Gasteiger partial charge on any atom is -0.356 e. The standard InChI is InChI=1S/C8H13N5S/c1-12(2)8-9-6-7(10-11-8)14-5-4-13(6)3/h4-5H2,1-3H3. The molecule has 0 aliphatic carbocycles. The quantitative estimate of drug-likeness (QED) is 0.673. The molecule has 1 aliphatic rings. The van der Waals surface area contributed by atoms with Crippen molar-refractivity contribution in [3.8, 4) is 0 Å². The highest BCUT2D eigenvalue weighted by Gasteiger charge is 2.18. The summed E-state index contributed by atoms with van der Waals surface area (Å²) in [5, 5.41) is 9.14. The molecule has 14 heavy (non-hydrogen) atoms. The molecule has 1 aromatic rings. The summed E-state index contributed by atoms with van der Waals surface area (Å²) in [7, 11) is 5.87. The van der Waals surface area contributed by atoms with Gasteiger partial charge in [-0.05, 0) is 0 Å². The first-order valence-corrected chi connectivity index (χ1v) is 5.43. The predicted octanol–water partition coefficient (Wildman–Crippen LogP) is 0.479. The first-order valence-electron chi connectivity index (χ1n) is 4.44. The lowest BCUT2D eigenvalue weighted by Crippen LogP contribution is -2.27. The number of rotatable bonds is 1. The van der Waals surface area contributed by atoms with Crippen molar-refractivity contribution in [2.75, 3.05) is 43.2 Å². The molecule has 0 N–H and O–H groups in total. The summed E-state index contributed by atoms with van der Waals surface area (Å²) < 4.78 is 0. The van der Waals surface area contributed by atoms with Crippen molar-refractivity contribution in [3.05, 3.63) is 0 Å². The van der Waals surface area contributed by atoms with E-state index in [0.717, 1.165) is 23.1 Å². The van der Waals surface area contributed by atoms with Crippen LogP contribution in [-0.4, -0.2) is 48.6 Å². The number of hydrogen-bond donors (Lipinski definition) is 0. The molecule has 0 atom stereocenters. The maximum Gasteiger partial charge on any atom is 0.246 e. The molecule has 0 saturated carbocycles. The smallest absolute Gasteiger partial charge is 0.246 e. The summed E-state index contributed by atoms with van der Waals surface area (Å²) in [6, 6.07) is 0. The van der Waals surface area contributed by atoms with E-state index in [1.54, 1.807) is 11.8 Å². The van der Waals surface area contributed by atoms with Crippen molar-refractivity contribution in [1.29, 1.82) is 0 Å². The molecule has 0 saturated heterocycles. The molecule has 0 aromatic carbocycles. The molecule has 0 bridgehead atoms. The third-order valence-electron chi connectivity index (χ3n) is 2.05. The van der Waals surface area contributed by atoms with Gasteiger partial charge in [-0.15, -0.1) is 10.2 Å². The Morgan fingerprint density at radius 2 is 2.14 bits per heavy atom. The second kappa shape index (κ2) is 3.61. The second-order valence-electron chi connectivity index (χ2n) is 3.41. The lowest BCUT2D eigenvalue weighted by Gasteiger charge is -2.25. The highest BCUT2D eigenvalue weighted by Crippen LogP contribution is 2.30. The Kier molecular flexibility index (Phi) is 2.45. The van der Waals surface area contributed by atoms with Crippen molar-refractivity contribution < 1.29 is 0 Å². The monoisotopic (exact) mass is 211 g/mol. The zero-order chi connectivity index (χ0) is 10.1. The van der Waals surface area contributed by atoms with E-state index in [2.05, 4.69) is 20.1 Å². The van der Waals surface area contributed by atoms with E-state index >= 15 is 0 Å². The molecular weight excluding hydrogens is 198 g/mol. The molecule has 2 rings (SSSR count). The number of thioether (sulfide) groups is 1. The summed E-state index contributed by atoms with van der Waals surface area (Å²) in [5.74, 6) is 2.67. The zero-order valence-corrected chi connectivity index (χ0v) is 9.38. The normalized spacial score (nSPS) is 15.2. The Hall–Kier alpha value is -1.04. The van der Waals surface area contributed by atoms with Crippen LogP contribution >= 0.6 is 11.8 Å². The molecule has 0 spiro atoms. The minimum absolute atomic E-state index is 0.665. The Morgan fingerprint density at radius 3 is 2.86 bits per heavy atom. The molecule has 1 aliphatic heterocycles. The molecule has 6 heteroatoms. The van der Waals surface area contributed by atoms with E-state index in [1.807, 2.05) is 26.0 Å². The van der Waals surface area contributed by atoms with Crippen molar-refractivity contribution in [2.24, 2.45) is 0 Å². The van der Waals surface area contributed by atoms with E-state index in [9.17, 15) is 0 Å². The molecular formula is C8H13N5S. The molecule has 0 fully saturated rings. The van der Waals surface area contributed by atoms with E-state index in [0.29, 0.717) is 5.95 Å². The Labute approximate surface area is 87.5 Å². The third kappa shape index (κ3) is 1.61. The van der Waals surface area contributed by atoms with Crippen LogP contribution in [0.5, 0.6) is 0 Å². The lowest BCUT2D eigenvalue weighted by atomic mass is 10.5. The maximum atomic E-state index is 4.45. The topological polar surface area (TPSA) is 45.2 Å². The van der Waals surface area contributed by atoms with Gasteiger partial charge < -0.3 is 9.80 Å². The molecule has 1 aromatic heterocycles. The van der Waals surface area contributed by atoms with Gasteiger partial charge in [-0.25, -0.2) is 0 Å². The van der Waals surface area contributed by atoms with Crippen LogP contribution in [0.25, 0.3) is 0 Å². The number of anilines is 2. The molecule has 2 heterocycles. The van der Waals surface area contributed by atoms with E-state index in [-0.39, 0.29) is 0 Å². The third-order valence-corrected chi connectivity index (χ3v) is 2.98. The van der Waals surface area contributed by atoms with Crippen LogP contribution in [0, 0.1) is 0 Å².